The van der Waals surface area contributed by atoms with Gasteiger partial charge in [-0.15, -0.1) is 11.3 Å². The number of nitrogens with one attached hydrogen (secondary N) is 1. The first-order valence-corrected chi connectivity index (χ1v) is 7.39. The molecule has 19 heavy (non-hydrogen) atoms. The third-order valence-electron chi connectivity index (χ3n) is 3.29. The molecule has 2 N–H and O–H groups in total. The summed E-state index contributed by atoms with van der Waals surface area (Å²) in [5, 5.41) is 15.0. The van der Waals surface area contributed by atoms with Crippen LogP contribution >= 0.6 is 11.3 Å². The Kier molecular flexibility index (Phi) is 4.56. The molecule has 0 saturated carbocycles. The molecule has 0 spiro atoms. The highest BCUT2D eigenvalue weighted by Crippen LogP contribution is 2.25. The number of thiophene rings is 1. The fraction of sp³-hybridized carbons (Fsp3) is 0.400. The van der Waals surface area contributed by atoms with E-state index in [1.54, 1.807) is 11.3 Å². The molecule has 0 aliphatic rings. The molecule has 0 aliphatic heterocycles. The van der Waals surface area contributed by atoms with Gasteiger partial charge < -0.3 is 10.4 Å². The molecule has 0 radical (unpaired) electrons. The summed E-state index contributed by atoms with van der Waals surface area (Å²) in [7, 11) is 0. The lowest BCUT2D eigenvalue weighted by atomic mass is 10.0. The van der Waals surface area contributed by atoms with E-state index in [4.69, 9.17) is 5.11 Å². The number of hydrogen-bond acceptors (Lipinski definition) is 3. The molecule has 2 rings (SSSR count). The van der Waals surface area contributed by atoms with Gasteiger partial charge in [-0.2, -0.15) is 0 Å². The van der Waals surface area contributed by atoms with Crippen LogP contribution in [0, 0.1) is 5.92 Å². The zero-order valence-electron chi connectivity index (χ0n) is 11.2. The van der Waals surface area contributed by atoms with Crippen LogP contribution in [0.3, 0.4) is 0 Å². The van der Waals surface area contributed by atoms with E-state index in [0.29, 0.717) is 12.3 Å². The second-order valence-electron chi connectivity index (χ2n) is 4.98. The number of carbonyl (C=O) groups excluding carboxylic acids is 1. The summed E-state index contributed by atoms with van der Waals surface area (Å²) < 4.78 is 1.12. The van der Waals surface area contributed by atoms with Gasteiger partial charge in [0.1, 0.15) is 0 Å². The molecule has 0 saturated heterocycles. The molecule has 1 aromatic heterocycles. The van der Waals surface area contributed by atoms with E-state index in [9.17, 15) is 4.79 Å². The second-order valence-corrected chi connectivity index (χ2v) is 5.89. The first-order valence-electron chi connectivity index (χ1n) is 6.51. The van der Waals surface area contributed by atoms with Gasteiger partial charge in [0.25, 0.3) is 5.91 Å². The average Bonchev–Trinajstić information content (AvgIpc) is 2.81. The van der Waals surface area contributed by atoms with Crippen LogP contribution in [0.4, 0.5) is 0 Å². The maximum atomic E-state index is 12.3. The fourth-order valence-electron chi connectivity index (χ4n) is 2.11. The van der Waals surface area contributed by atoms with E-state index in [1.165, 1.54) is 0 Å². The van der Waals surface area contributed by atoms with Crippen LogP contribution < -0.4 is 5.32 Å². The van der Waals surface area contributed by atoms with E-state index >= 15 is 0 Å². The topological polar surface area (TPSA) is 49.3 Å². The Hall–Kier alpha value is -1.39. The van der Waals surface area contributed by atoms with E-state index in [1.807, 2.05) is 43.5 Å². The Balaban J connectivity index is 2.19. The molecule has 1 atom stereocenters. The molecule has 102 valence electrons. The van der Waals surface area contributed by atoms with Crippen LogP contribution in [-0.4, -0.2) is 23.7 Å². The third kappa shape index (κ3) is 3.14. The Morgan fingerprint density at radius 1 is 1.37 bits per heavy atom. The maximum Gasteiger partial charge on any atom is 0.252 e. The predicted octanol–water partition coefficient (Wildman–Crippen LogP) is 3.04. The molecule has 1 aromatic carbocycles. The molecule has 1 amide bonds. The molecule has 0 fully saturated rings. The van der Waals surface area contributed by atoms with E-state index < -0.39 is 0 Å². The number of hydrogen-bond donors (Lipinski definition) is 2. The fourth-order valence-corrected chi connectivity index (χ4v) is 3.05. The summed E-state index contributed by atoms with van der Waals surface area (Å²) in [6.07, 6.45) is 0.589. The van der Waals surface area contributed by atoms with Crippen molar-refractivity contribution in [1.82, 2.24) is 5.32 Å². The lowest BCUT2D eigenvalue weighted by Crippen LogP contribution is -2.39. The van der Waals surface area contributed by atoms with Crippen molar-refractivity contribution in [3.8, 4) is 0 Å². The minimum Gasteiger partial charge on any atom is -0.396 e. The molecular weight excluding hydrogens is 258 g/mol. The van der Waals surface area contributed by atoms with Crippen molar-refractivity contribution < 1.29 is 9.90 Å². The summed E-state index contributed by atoms with van der Waals surface area (Å²) >= 11 is 1.58. The van der Waals surface area contributed by atoms with Gasteiger partial charge in [-0.1, -0.05) is 32.0 Å². The molecule has 1 heterocycles. The molecule has 0 bridgehead atoms. The van der Waals surface area contributed by atoms with Crippen LogP contribution in [0.25, 0.3) is 10.1 Å². The van der Waals surface area contributed by atoms with Gasteiger partial charge in [-0.25, -0.2) is 0 Å². The zero-order chi connectivity index (χ0) is 13.8. The van der Waals surface area contributed by atoms with Crippen molar-refractivity contribution in [2.75, 3.05) is 6.61 Å². The minimum atomic E-state index is -0.0513. The minimum absolute atomic E-state index is 0.0103. The number of rotatable bonds is 5. The SMILES string of the molecule is CC(C)C(CCO)NC(=O)c1csc2ccccc12. The molecule has 1 unspecified atom stereocenters. The molecular formula is C15H19NO2S. The monoisotopic (exact) mass is 277 g/mol. The quantitative estimate of drug-likeness (QED) is 0.882. The number of aliphatic hydroxyl groups excluding tert-OH is 1. The van der Waals surface area contributed by atoms with Crippen molar-refractivity contribution in [1.29, 1.82) is 0 Å². The van der Waals surface area contributed by atoms with E-state index in [0.717, 1.165) is 15.6 Å². The predicted molar refractivity (Wildman–Crippen MR) is 79.6 cm³/mol. The first kappa shape index (κ1) is 14.0. The van der Waals surface area contributed by atoms with Gasteiger partial charge in [0, 0.05) is 28.1 Å². The molecule has 4 heteroatoms. The molecule has 0 aliphatic carbocycles. The Morgan fingerprint density at radius 2 is 2.11 bits per heavy atom. The lowest BCUT2D eigenvalue weighted by molar-refractivity contribution is 0.0918. The van der Waals surface area contributed by atoms with Crippen molar-refractivity contribution in [2.45, 2.75) is 26.3 Å². The van der Waals surface area contributed by atoms with Gasteiger partial charge in [-0.05, 0) is 18.4 Å². The maximum absolute atomic E-state index is 12.3. The Morgan fingerprint density at radius 3 is 2.79 bits per heavy atom. The number of fused-ring (bicyclic) bond motifs is 1. The number of carbonyl (C=O) groups is 1. The number of benzene rings is 1. The third-order valence-corrected chi connectivity index (χ3v) is 4.25. The second kappa shape index (κ2) is 6.17. The average molecular weight is 277 g/mol. The summed E-state index contributed by atoms with van der Waals surface area (Å²) in [4.78, 5) is 12.3. The van der Waals surface area contributed by atoms with E-state index in [2.05, 4.69) is 5.32 Å². The largest absolute Gasteiger partial charge is 0.396 e. The van der Waals surface area contributed by atoms with Crippen molar-refractivity contribution in [2.24, 2.45) is 5.92 Å². The Bertz CT molecular complexity index is 562. The summed E-state index contributed by atoms with van der Waals surface area (Å²) in [5.41, 5.74) is 0.726. The molecule has 2 aromatic rings. The van der Waals surface area contributed by atoms with Crippen LogP contribution in [0.5, 0.6) is 0 Å². The summed E-state index contributed by atoms with van der Waals surface area (Å²) in [6.45, 7) is 4.19. The first-order chi connectivity index (χ1) is 9.13. The highest BCUT2D eigenvalue weighted by Gasteiger charge is 2.18. The standard InChI is InChI=1S/C15H19NO2S/c1-10(2)13(7-8-17)16-15(18)12-9-19-14-6-4-3-5-11(12)14/h3-6,9-10,13,17H,7-8H2,1-2H3,(H,16,18). The van der Waals surface area contributed by atoms with Crippen LogP contribution in [0.1, 0.15) is 30.6 Å². The Labute approximate surface area is 117 Å². The van der Waals surface area contributed by atoms with Gasteiger partial charge in [0.05, 0.1) is 5.56 Å². The number of aliphatic hydroxyl groups is 1. The van der Waals surface area contributed by atoms with Gasteiger partial charge in [0.2, 0.25) is 0 Å². The zero-order valence-corrected chi connectivity index (χ0v) is 12.0. The summed E-state index contributed by atoms with van der Waals surface area (Å²) in [5.74, 6) is 0.255. The van der Waals surface area contributed by atoms with Crippen molar-refractivity contribution in [3.63, 3.8) is 0 Å². The van der Waals surface area contributed by atoms with Gasteiger partial charge >= 0.3 is 0 Å². The van der Waals surface area contributed by atoms with Crippen molar-refractivity contribution >= 4 is 27.3 Å². The summed E-state index contributed by atoms with van der Waals surface area (Å²) in [6, 6.07) is 7.92. The number of amides is 1. The van der Waals surface area contributed by atoms with Crippen molar-refractivity contribution in [3.05, 3.63) is 35.2 Å². The van der Waals surface area contributed by atoms with Crippen LogP contribution in [-0.2, 0) is 0 Å². The normalized spacial score (nSPS) is 12.8. The highest BCUT2D eigenvalue weighted by atomic mass is 32.1. The smallest absolute Gasteiger partial charge is 0.252 e. The lowest BCUT2D eigenvalue weighted by Gasteiger charge is -2.21. The van der Waals surface area contributed by atoms with Crippen LogP contribution in [0.15, 0.2) is 29.6 Å². The van der Waals surface area contributed by atoms with Gasteiger partial charge in [0.15, 0.2) is 0 Å². The molecule has 3 nitrogen and oxygen atoms in total. The van der Waals surface area contributed by atoms with Gasteiger partial charge in [-0.3, -0.25) is 4.79 Å². The van der Waals surface area contributed by atoms with Crippen LogP contribution in [0.2, 0.25) is 0 Å². The highest BCUT2D eigenvalue weighted by molar-refractivity contribution is 7.17. The van der Waals surface area contributed by atoms with E-state index in [-0.39, 0.29) is 18.6 Å².